The number of aromatic nitrogens is 4. The van der Waals surface area contributed by atoms with Crippen LogP contribution in [0.2, 0.25) is 0 Å². The van der Waals surface area contributed by atoms with E-state index >= 15 is 0 Å². The van der Waals surface area contributed by atoms with E-state index in [1.807, 2.05) is 6.92 Å². The van der Waals surface area contributed by atoms with Crippen molar-refractivity contribution >= 4 is 11.5 Å². The molecule has 0 radical (unpaired) electrons. The van der Waals surface area contributed by atoms with Crippen LogP contribution in [0.5, 0.6) is 0 Å². The molecule has 2 atom stereocenters. The normalized spacial score (nSPS) is 20.4. The molecule has 0 aliphatic carbocycles. The maximum atomic E-state index is 13.0. The molecular formula is C19H20F3N5O. The average molecular weight is 391 g/mol. The summed E-state index contributed by atoms with van der Waals surface area (Å²) >= 11 is 0. The van der Waals surface area contributed by atoms with Crippen LogP contribution in [0.15, 0.2) is 36.4 Å². The maximum Gasteiger partial charge on any atom is 0.453 e. The first-order chi connectivity index (χ1) is 13.4. The van der Waals surface area contributed by atoms with E-state index in [4.69, 9.17) is 4.74 Å². The van der Waals surface area contributed by atoms with Gasteiger partial charge in [-0.25, -0.2) is 0 Å². The zero-order valence-corrected chi connectivity index (χ0v) is 15.3. The molecule has 2 unspecified atom stereocenters. The third-order valence-corrected chi connectivity index (χ3v) is 4.91. The summed E-state index contributed by atoms with van der Waals surface area (Å²) in [6, 6.07) is 11.3. The molecule has 4 rings (SSSR count). The van der Waals surface area contributed by atoms with E-state index in [1.54, 1.807) is 6.07 Å². The number of rotatable bonds is 4. The van der Waals surface area contributed by atoms with Gasteiger partial charge < -0.3 is 10.1 Å². The maximum absolute atomic E-state index is 13.0. The van der Waals surface area contributed by atoms with Gasteiger partial charge >= 0.3 is 6.18 Å². The number of nitrogens with zero attached hydrogens (tertiary/aromatic N) is 4. The van der Waals surface area contributed by atoms with Gasteiger partial charge in [0.1, 0.15) is 5.82 Å². The molecule has 2 aromatic heterocycles. The highest BCUT2D eigenvalue weighted by molar-refractivity contribution is 5.44. The van der Waals surface area contributed by atoms with Gasteiger partial charge in [-0.05, 0) is 37.5 Å². The van der Waals surface area contributed by atoms with Crippen LogP contribution in [0, 0.1) is 12.8 Å². The van der Waals surface area contributed by atoms with Crippen molar-refractivity contribution in [3.8, 4) is 0 Å². The Hall–Kier alpha value is -2.68. The number of alkyl halides is 3. The number of fused-ring (bicyclic) bond motifs is 1. The largest absolute Gasteiger partial charge is 0.453 e. The molecule has 9 heteroatoms. The van der Waals surface area contributed by atoms with Crippen LogP contribution in [0.4, 0.5) is 19.0 Å². The lowest BCUT2D eigenvalue weighted by Crippen LogP contribution is -2.28. The summed E-state index contributed by atoms with van der Waals surface area (Å²) in [5.74, 6) is -0.604. The summed E-state index contributed by atoms with van der Waals surface area (Å²) < 4.78 is 45.8. The van der Waals surface area contributed by atoms with Crippen molar-refractivity contribution in [2.24, 2.45) is 5.92 Å². The van der Waals surface area contributed by atoms with Crippen LogP contribution in [0.25, 0.3) is 5.65 Å². The van der Waals surface area contributed by atoms with E-state index in [0.717, 1.165) is 22.9 Å². The van der Waals surface area contributed by atoms with Crippen molar-refractivity contribution < 1.29 is 17.9 Å². The fourth-order valence-electron chi connectivity index (χ4n) is 3.47. The van der Waals surface area contributed by atoms with Crippen molar-refractivity contribution in [2.75, 3.05) is 18.5 Å². The van der Waals surface area contributed by atoms with Gasteiger partial charge in [-0.2, -0.15) is 17.7 Å². The van der Waals surface area contributed by atoms with Crippen LogP contribution in [-0.2, 0) is 10.9 Å². The standard InChI is InChI=1S/C19H20F3N5O/c1-12-4-6-13(7-5-12)17-14(3-2-10-28-17)11-23-15-8-9-16-24-25-18(19(20,21)22)27(16)26-15/h4-9,14,17H,2-3,10-11H2,1H3,(H,23,26). The number of halogens is 3. The highest BCUT2D eigenvalue weighted by Crippen LogP contribution is 2.34. The molecule has 0 bridgehead atoms. The smallest absolute Gasteiger partial charge is 0.373 e. The molecule has 148 valence electrons. The lowest BCUT2D eigenvalue weighted by atomic mass is 9.89. The van der Waals surface area contributed by atoms with Gasteiger partial charge in [0.05, 0.1) is 6.10 Å². The van der Waals surface area contributed by atoms with Gasteiger partial charge in [0.2, 0.25) is 0 Å². The number of ether oxygens (including phenoxy) is 1. The van der Waals surface area contributed by atoms with E-state index in [9.17, 15) is 13.2 Å². The topological polar surface area (TPSA) is 64.3 Å². The van der Waals surface area contributed by atoms with Gasteiger partial charge in [-0.15, -0.1) is 15.3 Å². The molecule has 0 spiro atoms. The molecule has 0 saturated carbocycles. The first-order valence-electron chi connectivity index (χ1n) is 9.13. The minimum absolute atomic E-state index is 0.0498. The molecule has 1 N–H and O–H groups in total. The van der Waals surface area contributed by atoms with E-state index in [2.05, 4.69) is 44.9 Å². The van der Waals surface area contributed by atoms with Gasteiger partial charge in [-0.1, -0.05) is 29.8 Å². The third-order valence-electron chi connectivity index (χ3n) is 4.91. The second-order valence-corrected chi connectivity index (χ2v) is 7.00. The number of hydrogen-bond acceptors (Lipinski definition) is 5. The minimum atomic E-state index is -4.61. The van der Waals surface area contributed by atoms with Crippen molar-refractivity contribution in [3.05, 3.63) is 53.3 Å². The number of anilines is 1. The summed E-state index contributed by atoms with van der Waals surface area (Å²) in [7, 11) is 0. The third kappa shape index (κ3) is 3.80. The van der Waals surface area contributed by atoms with Crippen LogP contribution in [0.3, 0.4) is 0 Å². The van der Waals surface area contributed by atoms with Crippen molar-refractivity contribution in [2.45, 2.75) is 32.0 Å². The highest BCUT2D eigenvalue weighted by Gasteiger charge is 2.37. The summed E-state index contributed by atoms with van der Waals surface area (Å²) in [5.41, 5.74) is 2.34. The predicted molar refractivity (Wildman–Crippen MR) is 96.9 cm³/mol. The monoisotopic (exact) mass is 391 g/mol. The van der Waals surface area contributed by atoms with Gasteiger partial charge in [0.15, 0.2) is 5.65 Å². The molecule has 28 heavy (non-hydrogen) atoms. The number of benzene rings is 1. The van der Waals surface area contributed by atoms with E-state index in [-0.39, 0.29) is 17.7 Å². The Morgan fingerprint density at radius 1 is 1.14 bits per heavy atom. The summed E-state index contributed by atoms with van der Waals surface area (Å²) in [4.78, 5) is 0. The number of aryl methyl sites for hydroxylation is 1. The van der Waals surface area contributed by atoms with Gasteiger partial charge in [0.25, 0.3) is 5.82 Å². The van der Waals surface area contributed by atoms with Crippen molar-refractivity contribution in [1.82, 2.24) is 19.8 Å². The Bertz CT molecular complexity index is 954. The fraction of sp³-hybridized carbons (Fsp3) is 0.421. The SMILES string of the molecule is Cc1ccc(C2OCCCC2CNc2ccc3nnc(C(F)(F)F)n3n2)cc1. The molecule has 1 aliphatic heterocycles. The lowest BCUT2D eigenvalue weighted by Gasteiger charge is -2.32. The Morgan fingerprint density at radius 3 is 2.68 bits per heavy atom. The summed E-state index contributed by atoms with van der Waals surface area (Å²) in [6.45, 7) is 3.28. The Balaban J connectivity index is 1.51. The van der Waals surface area contributed by atoms with Crippen molar-refractivity contribution in [1.29, 1.82) is 0 Å². The molecule has 1 aromatic carbocycles. The van der Waals surface area contributed by atoms with Crippen LogP contribution >= 0.6 is 0 Å². The van der Waals surface area contributed by atoms with Crippen LogP contribution < -0.4 is 5.32 Å². The van der Waals surface area contributed by atoms with E-state index < -0.39 is 12.0 Å². The van der Waals surface area contributed by atoms with Crippen LogP contribution in [-0.4, -0.2) is 33.0 Å². The Labute approximate surface area is 159 Å². The van der Waals surface area contributed by atoms with Crippen LogP contribution in [0.1, 0.15) is 35.9 Å². The second-order valence-electron chi connectivity index (χ2n) is 7.00. The second kappa shape index (κ2) is 7.38. The van der Waals surface area contributed by atoms with Gasteiger partial charge in [0, 0.05) is 19.1 Å². The highest BCUT2D eigenvalue weighted by atomic mass is 19.4. The molecule has 3 aromatic rings. The molecule has 3 heterocycles. The zero-order chi connectivity index (χ0) is 19.7. The van der Waals surface area contributed by atoms with Gasteiger partial charge in [-0.3, -0.25) is 0 Å². The molecule has 0 amide bonds. The molecule has 1 fully saturated rings. The zero-order valence-electron chi connectivity index (χ0n) is 15.3. The van der Waals surface area contributed by atoms with Crippen molar-refractivity contribution in [3.63, 3.8) is 0 Å². The minimum Gasteiger partial charge on any atom is -0.373 e. The Morgan fingerprint density at radius 2 is 1.93 bits per heavy atom. The quantitative estimate of drug-likeness (QED) is 0.728. The number of nitrogens with one attached hydrogen (secondary N) is 1. The summed E-state index contributed by atoms with van der Waals surface area (Å²) in [6.07, 6.45) is -2.75. The molecule has 1 aliphatic rings. The first-order valence-corrected chi connectivity index (χ1v) is 9.13. The average Bonchev–Trinajstić information content (AvgIpc) is 3.11. The molecule has 1 saturated heterocycles. The molecular weight excluding hydrogens is 371 g/mol. The molecule has 6 nitrogen and oxygen atoms in total. The summed E-state index contributed by atoms with van der Waals surface area (Å²) in [5, 5.41) is 13.9. The van der Waals surface area contributed by atoms with E-state index in [1.165, 1.54) is 11.6 Å². The Kier molecular flexibility index (Phi) is 4.92. The van der Waals surface area contributed by atoms with E-state index in [0.29, 0.717) is 19.0 Å². The first kappa shape index (κ1) is 18.7. The lowest BCUT2D eigenvalue weighted by molar-refractivity contribution is -0.146. The number of hydrogen-bond donors (Lipinski definition) is 1. The predicted octanol–water partition coefficient (Wildman–Crippen LogP) is 4.03. The fourth-order valence-corrected chi connectivity index (χ4v) is 3.47.